The van der Waals surface area contributed by atoms with Crippen molar-refractivity contribution in [3.8, 4) is 0 Å². The molecule has 0 aliphatic heterocycles. The van der Waals surface area contributed by atoms with Crippen LogP contribution in [-0.2, 0) is 4.79 Å². The molecule has 0 aliphatic carbocycles. The Labute approximate surface area is 123 Å². The topological polar surface area (TPSA) is 78.4 Å². The van der Waals surface area contributed by atoms with Crippen molar-refractivity contribution in [1.82, 2.24) is 10.6 Å². The second kappa shape index (κ2) is 6.61. The van der Waals surface area contributed by atoms with Gasteiger partial charge in [-0.25, -0.2) is 9.59 Å². The molecule has 0 fully saturated rings. The zero-order valence-electron chi connectivity index (χ0n) is 11.7. The molecule has 0 heterocycles. The van der Waals surface area contributed by atoms with E-state index in [1.807, 2.05) is 12.1 Å². The average Bonchev–Trinajstić information content (AvgIpc) is 2.38. The van der Waals surface area contributed by atoms with Crippen molar-refractivity contribution in [3.05, 3.63) is 34.9 Å². The number of halogens is 1. The summed E-state index contributed by atoms with van der Waals surface area (Å²) in [6, 6.07) is 6.31. The summed E-state index contributed by atoms with van der Waals surface area (Å²) in [4.78, 5) is 23.0. The molecule has 5 nitrogen and oxygen atoms in total. The Morgan fingerprint density at radius 1 is 1.40 bits per heavy atom. The second-order valence-electron chi connectivity index (χ2n) is 4.83. The zero-order chi connectivity index (χ0) is 15.3. The fourth-order valence-corrected chi connectivity index (χ4v) is 1.98. The number of benzene rings is 1. The Balaban J connectivity index is 2.72. The Hall–Kier alpha value is -1.75. The first-order valence-electron chi connectivity index (χ1n) is 6.36. The van der Waals surface area contributed by atoms with Crippen molar-refractivity contribution in [2.75, 3.05) is 0 Å². The number of urea groups is 1. The van der Waals surface area contributed by atoms with Gasteiger partial charge in [-0.05, 0) is 31.9 Å². The number of amides is 2. The van der Waals surface area contributed by atoms with Gasteiger partial charge < -0.3 is 15.7 Å². The van der Waals surface area contributed by atoms with E-state index < -0.39 is 17.5 Å². The zero-order valence-corrected chi connectivity index (χ0v) is 12.5. The number of carboxylic acids is 1. The Morgan fingerprint density at radius 3 is 2.50 bits per heavy atom. The van der Waals surface area contributed by atoms with E-state index >= 15 is 0 Å². The highest BCUT2D eigenvalue weighted by Crippen LogP contribution is 2.22. The Bertz CT molecular complexity index is 507. The van der Waals surface area contributed by atoms with Crippen LogP contribution in [0.5, 0.6) is 0 Å². The van der Waals surface area contributed by atoms with Crippen LogP contribution in [0.2, 0.25) is 5.02 Å². The van der Waals surface area contributed by atoms with Gasteiger partial charge >= 0.3 is 12.0 Å². The van der Waals surface area contributed by atoms with Gasteiger partial charge in [0, 0.05) is 5.02 Å². The third-order valence-corrected chi connectivity index (χ3v) is 3.63. The maximum atomic E-state index is 11.9. The molecule has 1 aromatic carbocycles. The van der Waals surface area contributed by atoms with E-state index in [4.69, 9.17) is 16.7 Å². The fraction of sp³-hybridized carbons (Fsp3) is 0.429. The van der Waals surface area contributed by atoms with Crippen LogP contribution in [0.15, 0.2) is 24.3 Å². The number of aliphatic carboxylic acids is 1. The van der Waals surface area contributed by atoms with E-state index in [1.165, 1.54) is 6.92 Å². The highest BCUT2D eigenvalue weighted by Gasteiger charge is 2.33. The molecule has 0 saturated heterocycles. The van der Waals surface area contributed by atoms with Gasteiger partial charge in [0.05, 0.1) is 6.04 Å². The molecule has 2 unspecified atom stereocenters. The van der Waals surface area contributed by atoms with Crippen LogP contribution >= 0.6 is 11.6 Å². The van der Waals surface area contributed by atoms with Gasteiger partial charge in [-0.2, -0.15) is 0 Å². The van der Waals surface area contributed by atoms with Crippen LogP contribution in [0.3, 0.4) is 0 Å². The predicted octanol–water partition coefficient (Wildman–Crippen LogP) is 2.95. The Kier molecular flexibility index (Phi) is 5.39. The monoisotopic (exact) mass is 298 g/mol. The molecule has 1 rings (SSSR count). The molecule has 2 atom stereocenters. The average molecular weight is 299 g/mol. The smallest absolute Gasteiger partial charge is 0.329 e. The lowest BCUT2D eigenvalue weighted by molar-refractivity contribution is -0.143. The molecule has 0 aliphatic rings. The molecule has 0 saturated carbocycles. The maximum Gasteiger partial charge on any atom is 0.329 e. The summed E-state index contributed by atoms with van der Waals surface area (Å²) in [6.45, 7) is 4.95. The lowest BCUT2D eigenvalue weighted by Gasteiger charge is -2.26. The van der Waals surface area contributed by atoms with E-state index in [0.717, 1.165) is 5.56 Å². The van der Waals surface area contributed by atoms with E-state index in [-0.39, 0.29) is 12.5 Å². The molecular weight excluding hydrogens is 280 g/mol. The first-order chi connectivity index (χ1) is 9.30. The second-order valence-corrected chi connectivity index (χ2v) is 5.24. The highest BCUT2D eigenvalue weighted by atomic mass is 35.5. The number of nitrogens with one attached hydrogen (secondary N) is 2. The SMILES string of the molecule is CCC(C)(NC(=O)NC(C)c1ccccc1Cl)C(=O)O. The third kappa shape index (κ3) is 3.87. The molecule has 3 N–H and O–H groups in total. The molecule has 0 spiro atoms. The molecule has 6 heteroatoms. The molecular formula is C14H19ClN2O3. The number of carbonyl (C=O) groups is 2. The minimum absolute atomic E-state index is 0.288. The number of carbonyl (C=O) groups excluding carboxylic acids is 1. The van der Waals surface area contributed by atoms with Crippen molar-refractivity contribution in [2.45, 2.75) is 38.8 Å². The van der Waals surface area contributed by atoms with Crippen LogP contribution in [0.4, 0.5) is 4.79 Å². The minimum atomic E-state index is -1.29. The minimum Gasteiger partial charge on any atom is -0.480 e. The van der Waals surface area contributed by atoms with Crippen LogP contribution in [0.25, 0.3) is 0 Å². The van der Waals surface area contributed by atoms with Crippen LogP contribution < -0.4 is 10.6 Å². The first-order valence-corrected chi connectivity index (χ1v) is 6.74. The highest BCUT2D eigenvalue weighted by molar-refractivity contribution is 6.31. The van der Waals surface area contributed by atoms with Gasteiger partial charge in [0.15, 0.2) is 0 Å². The van der Waals surface area contributed by atoms with Crippen molar-refractivity contribution in [3.63, 3.8) is 0 Å². The summed E-state index contributed by atoms with van der Waals surface area (Å²) >= 11 is 6.05. The molecule has 1 aromatic rings. The van der Waals surface area contributed by atoms with Gasteiger partial charge in [-0.3, -0.25) is 0 Å². The van der Waals surface area contributed by atoms with E-state index in [2.05, 4.69) is 10.6 Å². The molecule has 110 valence electrons. The van der Waals surface area contributed by atoms with Crippen molar-refractivity contribution in [1.29, 1.82) is 0 Å². The number of hydrogen-bond acceptors (Lipinski definition) is 2. The summed E-state index contributed by atoms with van der Waals surface area (Å²) < 4.78 is 0. The lowest BCUT2D eigenvalue weighted by Crippen LogP contribution is -2.55. The number of rotatable bonds is 5. The van der Waals surface area contributed by atoms with E-state index in [1.54, 1.807) is 26.0 Å². The van der Waals surface area contributed by atoms with Crippen LogP contribution in [0.1, 0.15) is 38.8 Å². The summed E-state index contributed by atoms with van der Waals surface area (Å²) in [5.41, 5.74) is -0.512. The summed E-state index contributed by atoms with van der Waals surface area (Å²) in [6.07, 6.45) is 0.288. The lowest BCUT2D eigenvalue weighted by atomic mass is 10.00. The summed E-state index contributed by atoms with van der Waals surface area (Å²) in [5, 5.41) is 14.8. The third-order valence-electron chi connectivity index (χ3n) is 3.29. The van der Waals surface area contributed by atoms with E-state index in [9.17, 15) is 9.59 Å². The molecule has 0 bridgehead atoms. The molecule has 0 radical (unpaired) electrons. The number of hydrogen-bond donors (Lipinski definition) is 3. The van der Waals surface area contributed by atoms with Gasteiger partial charge in [-0.1, -0.05) is 36.7 Å². The maximum absolute atomic E-state index is 11.9. The molecule has 20 heavy (non-hydrogen) atoms. The number of carboxylic acid groups (broad SMARTS) is 1. The van der Waals surface area contributed by atoms with Crippen LogP contribution in [0, 0.1) is 0 Å². The van der Waals surface area contributed by atoms with Gasteiger partial charge in [-0.15, -0.1) is 0 Å². The van der Waals surface area contributed by atoms with Gasteiger partial charge in [0.2, 0.25) is 0 Å². The normalized spacial score (nSPS) is 15.0. The van der Waals surface area contributed by atoms with Crippen molar-refractivity contribution in [2.24, 2.45) is 0 Å². The van der Waals surface area contributed by atoms with Crippen molar-refractivity contribution >= 4 is 23.6 Å². The fourth-order valence-electron chi connectivity index (χ4n) is 1.68. The predicted molar refractivity (Wildman–Crippen MR) is 77.9 cm³/mol. The van der Waals surface area contributed by atoms with Gasteiger partial charge in [0.1, 0.15) is 5.54 Å². The standard InChI is InChI=1S/C14H19ClN2O3/c1-4-14(3,12(18)19)17-13(20)16-9(2)10-7-5-6-8-11(10)15/h5-9H,4H2,1-3H3,(H,18,19)(H2,16,17,20). The quantitative estimate of drug-likeness (QED) is 0.782. The first kappa shape index (κ1) is 16.3. The summed E-state index contributed by atoms with van der Waals surface area (Å²) in [7, 11) is 0. The van der Waals surface area contributed by atoms with Gasteiger partial charge in [0.25, 0.3) is 0 Å². The largest absolute Gasteiger partial charge is 0.480 e. The summed E-state index contributed by atoms with van der Waals surface area (Å²) in [5.74, 6) is -1.07. The van der Waals surface area contributed by atoms with E-state index in [0.29, 0.717) is 5.02 Å². The van der Waals surface area contributed by atoms with Crippen LogP contribution in [-0.4, -0.2) is 22.6 Å². The Morgan fingerprint density at radius 2 is 2.00 bits per heavy atom. The van der Waals surface area contributed by atoms with Crippen molar-refractivity contribution < 1.29 is 14.7 Å². The molecule has 2 amide bonds. The molecule has 0 aromatic heterocycles.